The smallest absolute Gasteiger partial charge is 0.131 e. The summed E-state index contributed by atoms with van der Waals surface area (Å²) in [6, 6.07) is 5.08. The molecule has 1 aliphatic heterocycles. The molecule has 14 heavy (non-hydrogen) atoms. The van der Waals surface area contributed by atoms with Gasteiger partial charge in [0.25, 0.3) is 0 Å². The normalized spacial score (nSPS) is 21.1. The van der Waals surface area contributed by atoms with Crippen molar-refractivity contribution in [2.45, 2.75) is 18.9 Å². The lowest BCUT2D eigenvalue weighted by molar-refractivity contribution is 0.396. The molecular weight excluding hydrogens is 181 g/mol. The molecule has 0 saturated carbocycles. The minimum atomic E-state index is -0.177. The van der Waals surface area contributed by atoms with E-state index in [1.165, 1.54) is 6.07 Å². The Balaban J connectivity index is 2.37. The highest BCUT2D eigenvalue weighted by Gasteiger charge is 2.22. The predicted molar refractivity (Wildman–Crippen MR) is 52.9 cm³/mol. The molecule has 1 atom stereocenters. The van der Waals surface area contributed by atoms with Crippen LogP contribution in [0.2, 0.25) is 0 Å². The van der Waals surface area contributed by atoms with Gasteiger partial charge in [0, 0.05) is 11.6 Å². The summed E-state index contributed by atoms with van der Waals surface area (Å²) in [5.74, 6) is 0.466. The van der Waals surface area contributed by atoms with Gasteiger partial charge in [-0.05, 0) is 31.5 Å². The van der Waals surface area contributed by atoms with E-state index in [1.54, 1.807) is 19.2 Å². The Morgan fingerprint density at radius 2 is 2.36 bits per heavy atom. The average Bonchev–Trinajstić information content (AvgIpc) is 2.70. The molecule has 0 aromatic heterocycles. The molecule has 1 heterocycles. The van der Waals surface area contributed by atoms with Crippen LogP contribution in [0.5, 0.6) is 5.75 Å². The molecular formula is C11H14FNO. The van der Waals surface area contributed by atoms with E-state index in [1.807, 2.05) is 0 Å². The van der Waals surface area contributed by atoms with Crippen molar-refractivity contribution in [3.8, 4) is 5.75 Å². The van der Waals surface area contributed by atoms with Gasteiger partial charge in [-0.1, -0.05) is 6.07 Å². The molecule has 0 aliphatic carbocycles. The first kappa shape index (κ1) is 9.46. The van der Waals surface area contributed by atoms with Crippen LogP contribution < -0.4 is 10.1 Å². The first-order valence-electron chi connectivity index (χ1n) is 4.88. The molecule has 1 aliphatic rings. The van der Waals surface area contributed by atoms with E-state index < -0.39 is 0 Å². The zero-order valence-corrected chi connectivity index (χ0v) is 8.22. The summed E-state index contributed by atoms with van der Waals surface area (Å²) in [6.45, 7) is 0.960. The van der Waals surface area contributed by atoms with Gasteiger partial charge in [0.05, 0.1) is 7.11 Å². The maximum absolute atomic E-state index is 13.6. The van der Waals surface area contributed by atoms with Crippen LogP contribution in [-0.4, -0.2) is 13.7 Å². The van der Waals surface area contributed by atoms with Crippen molar-refractivity contribution in [1.29, 1.82) is 0 Å². The summed E-state index contributed by atoms with van der Waals surface area (Å²) in [5, 5.41) is 3.27. The minimum Gasteiger partial charge on any atom is -0.496 e. The number of benzene rings is 1. The summed E-state index contributed by atoms with van der Waals surface area (Å²) in [4.78, 5) is 0. The van der Waals surface area contributed by atoms with Gasteiger partial charge in [-0.2, -0.15) is 0 Å². The third-order valence-electron chi connectivity index (χ3n) is 2.64. The predicted octanol–water partition coefficient (Wildman–Crippen LogP) is 2.26. The molecule has 3 heteroatoms. The fourth-order valence-corrected chi connectivity index (χ4v) is 1.96. The lowest BCUT2D eigenvalue weighted by Gasteiger charge is -2.15. The Labute approximate surface area is 83.1 Å². The van der Waals surface area contributed by atoms with Gasteiger partial charge >= 0.3 is 0 Å². The summed E-state index contributed by atoms with van der Waals surface area (Å²) in [6.07, 6.45) is 2.08. The number of nitrogens with one attached hydrogen (secondary N) is 1. The zero-order valence-electron chi connectivity index (χ0n) is 8.22. The molecule has 76 valence electrons. The molecule has 1 aromatic carbocycles. The Hall–Kier alpha value is -1.09. The zero-order chi connectivity index (χ0) is 9.97. The van der Waals surface area contributed by atoms with E-state index in [0.717, 1.165) is 19.4 Å². The maximum atomic E-state index is 13.6. The second kappa shape index (κ2) is 3.96. The largest absolute Gasteiger partial charge is 0.496 e. The highest BCUT2D eigenvalue weighted by molar-refractivity contribution is 5.37. The van der Waals surface area contributed by atoms with E-state index in [4.69, 9.17) is 4.74 Å². The second-order valence-electron chi connectivity index (χ2n) is 3.50. The maximum Gasteiger partial charge on any atom is 0.131 e. The Bertz CT molecular complexity index is 321. The van der Waals surface area contributed by atoms with Gasteiger partial charge in [0.15, 0.2) is 0 Å². The number of halogens is 1. The Kier molecular flexibility index (Phi) is 2.68. The Morgan fingerprint density at radius 3 is 3.00 bits per heavy atom. The van der Waals surface area contributed by atoms with E-state index in [-0.39, 0.29) is 11.9 Å². The third-order valence-corrected chi connectivity index (χ3v) is 2.64. The van der Waals surface area contributed by atoms with Crippen LogP contribution >= 0.6 is 0 Å². The van der Waals surface area contributed by atoms with Gasteiger partial charge in [0.2, 0.25) is 0 Å². The van der Waals surface area contributed by atoms with Crippen molar-refractivity contribution >= 4 is 0 Å². The van der Waals surface area contributed by atoms with Crippen LogP contribution in [0.1, 0.15) is 24.4 Å². The number of methoxy groups -OCH3 is 1. The molecule has 2 nitrogen and oxygen atoms in total. The first-order valence-corrected chi connectivity index (χ1v) is 4.88. The first-order chi connectivity index (χ1) is 6.83. The lowest BCUT2D eigenvalue weighted by Crippen LogP contribution is -2.15. The van der Waals surface area contributed by atoms with Crippen LogP contribution in [-0.2, 0) is 0 Å². The van der Waals surface area contributed by atoms with Crippen molar-refractivity contribution in [3.05, 3.63) is 29.6 Å². The van der Waals surface area contributed by atoms with Crippen LogP contribution in [0.15, 0.2) is 18.2 Å². The molecule has 1 fully saturated rings. The van der Waals surface area contributed by atoms with Crippen LogP contribution in [0.3, 0.4) is 0 Å². The monoisotopic (exact) mass is 195 g/mol. The van der Waals surface area contributed by atoms with Gasteiger partial charge in [0.1, 0.15) is 11.6 Å². The van der Waals surface area contributed by atoms with Crippen LogP contribution in [0, 0.1) is 5.82 Å². The SMILES string of the molecule is COc1cccc(F)c1[C@H]1CCCN1. The molecule has 1 saturated heterocycles. The summed E-state index contributed by atoms with van der Waals surface area (Å²) >= 11 is 0. The number of hydrogen-bond donors (Lipinski definition) is 1. The minimum absolute atomic E-state index is 0.117. The summed E-state index contributed by atoms with van der Waals surface area (Å²) in [5.41, 5.74) is 0.674. The standard InChI is InChI=1S/C11H14FNO/c1-14-10-6-2-4-8(12)11(10)9-5-3-7-13-9/h2,4,6,9,13H,3,5,7H2,1H3/t9-/m1/s1. The quantitative estimate of drug-likeness (QED) is 0.781. The average molecular weight is 195 g/mol. The lowest BCUT2D eigenvalue weighted by atomic mass is 10.0. The molecule has 0 radical (unpaired) electrons. The van der Waals surface area contributed by atoms with Gasteiger partial charge in [-0.25, -0.2) is 4.39 Å². The highest BCUT2D eigenvalue weighted by atomic mass is 19.1. The van der Waals surface area contributed by atoms with E-state index >= 15 is 0 Å². The van der Waals surface area contributed by atoms with Crippen LogP contribution in [0.4, 0.5) is 4.39 Å². The van der Waals surface area contributed by atoms with Gasteiger partial charge in [-0.3, -0.25) is 0 Å². The van der Waals surface area contributed by atoms with E-state index in [9.17, 15) is 4.39 Å². The molecule has 1 N–H and O–H groups in total. The van der Waals surface area contributed by atoms with E-state index in [2.05, 4.69) is 5.32 Å². The summed E-state index contributed by atoms with van der Waals surface area (Å²) in [7, 11) is 1.58. The molecule has 1 aromatic rings. The van der Waals surface area contributed by atoms with Gasteiger partial charge in [-0.15, -0.1) is 0 Å². The van der Waals surface area contributed by atoms with Crippen molar-refractivity contribution in [1.82, 2.24) is 5.32 Å². The molecule has 0 unspecified atom stereocenters. The highest BCUT2D eigenvalue weighted by Crippen LogP contribution is 2.32. The van der Waals surface area contributed by atoms with Crippen molar-refractivity contribution in [2.24, 2.45) is 0 Å². The molecule has 0 bridgehead atoms. The van der Waals surface area contributed by atoms with E-state index in [0.29, 0.717) is 11.3 Å². The fraction of sp³-hybridized carbons (Fsp3) is 0.455. The topological polar surface area (TPSA) is 21.3 Å². The third kappa shape index (κ3) is 1.60. The number of ether oxygens (including phenoxy) is 1. The molecule has 0 amide bonds. The van der Waals surface area contributed by atoms with Crippen molar-refractivity contribution in [2.75, 3.05) is 13.7 Å². The molecule has 0 spiro atoms. The van der Waals surface area contributed by atoms with Gasteiger partial charge < -0.3 is 10.1 Å². The fourth-order valence-electron chi connectivity index (χ4n) is 1.96. The van der Waals surface area contributed by atoms with Crippen LogP contribution in [0.25, 0.3) is 0 Å². The second-order valence-corrected chi connectivity index (χ2v) is 3.50. The number of hydrogen-bond acceptors (Lipinski definition) is 2. The van der Waals surface area contributed by atoms with Crippen molar-refractivity contribution < 1.29 is 9.13 Å². The molecule has 2 rings (SSSR count). The number of rotatable bonds is 2. The Morgan fingerprint density at radius 1 is 1.50 bits per heavy atom. The van der Waals surface area contributed by atoms with Crippen molar-refractivity contribution in [3.63, 3.8) is 0 Å². The summed E-state index contributed by atoms with van der Waals surface area (Å²) < 4.78 is 18.7.